The predicted octanol–water partition coefficient (Wildman–Crippen LogP) is 3.46. The number of nitrogens with zero attached hydrogens (tertiary/aromatic N) is 1. The van der Waals surface area contributed by atoms with Crippen LogP contribution in [0.25, 0.3) is 0 Å². The highest BCUT2D eigenvalue weighted by Crippen LogP contribution is 2.32. The molecule has 1 aliphatic heterocycles. The van der Waals surface area contributed by atoms with Gasteiger partial charge in [-0.05, 0) is 71.0 Å². The first-order chi connectivity index (χ1) is 12.6. The molecular weight excluding hydrogens is 445 g/mol. The van der Waals surface area contributed by atoms with Crippen LogP contribution in [0, 0.1) is 21.8 Å². The number of amides is 1. The molecule has 1 heterocycles. The highest BCUT2D eigenvalue weighted by Gasteiger charge is 2.13. The van der Waals surface area contributed by atoms with Crippen molar-refractivity contribution in [2.75, 3.05) is 12.1 Å². The molecular formula is C19H16IN3O3. The van der Waals surface area contributed by atoms with Gasteiger partial charge in [-0.1, -0.05) is 6.07 Å². The van der Waals surface area contributed by atoms with Crippen molar-refractivity contribution >= 4 is 34.2 Å². The van der Waals surface area contributed by atoms with Gasteiger partial charge in [0.15, 0.2) is 11.5 Å². The van der Waals surface area contributed by atoms with Crippen molar-refractivity contribution in [2.45, 2.75) is 13.5 Å². The van der Waals surface area contributed by atoms with Crippen LogP contribution in [0.4, 0.5) is 5.69 Å². The molecule has 2 N–H and O–H groups in total. The lowest BCUT2D eigenvalue weighted by Crippen LogP contribution is -2.17. The van der Waals surface area contributed by atoms with Gasteiger partial charge in [0.1, 0.15) is 11.6 Å². The summed E-state index contributed by atoms with van der Waals surface area (Å²) in [7, 11) is 0. The first kappa shape index (κ1) is 18.1. The molecule has 0 aliphatic carbocycles. The van der Waals surface area contributed by atoms with Crippen LogP contribution in [0.15, 0.2) is 48.2 Å². The molecule has 0 fully saturated rings. The summed E-state index contributed by atoms with van der Waals surface area (Å²) in [5.74, 6) is 0.963. The predicted molar refractivity (Wildman–Crippen MR) is 106 cm³/mol. The van der Waals surface area contributed by atoms with Gasteiger partial charge in [-0.2, -0.15) is 5.26 Å². The molecule has 7 heteroatoms. The van der Waals surface area contributed by atoms with Gasteiger partial charge in [0, 0.05) is 22.0 Å². The fraction of sp³-hybridized carbons (Fsp3) is 0.158. The Morgan fingerprint density at radius 2 is 2.08 bits per heavy atom. The normalized spacial score (nSPS) is 12.4. The summed E-state index contributed by atoms with van der Waals surface area (Å²) in [5, 5.41) is 15.0. The zero-order valence-corrected chi connectivity index (χ0v) is 16.2. The minimum atomic E-state index is -0.449. The van der Waals surface area contributed by atoms with E-state index in [-0.39, 0.29) is 12.4 Å². The standard InChI is InChI=1S/C19H16IN3O3/c1-12-6-15(20)3-4-16(12)23-19(24)14(8-21)10-22-9-13-2-5-17-18(7-13)26-11-25-17/h2-7,10,22H,9,11H2,1H3,(H,23,24)/b14-10-. The number of benzene rings is 2. The van der Waals surface area contributed by atoms with E-state index in [1.807, 2.05) is 49.4 Å². The fourth-order valence-electron chi connectivity index (χ4n) is 2.43. The minimum absolute atomic E-state index is 0.00342. The van der Waals surface area contributed by atoms with Gasteiger partial charge in [-0.25, -0.2) is 0 Å². The van der Waals surface area contributed by atoms with Crippen molar-refractivity contribution in [1.82, 2.24) is 5.32 Å². The Bertz CT molecular complexity index is 919. The number of nitrogens with one attached hydrogen (secondary N) is 2. The molecule has 1 amide bonds. The molecule has 0 aromatic heterocycles. The quantitative estimate of drug-likeness (QED) is 0.405. The zero-order valence-electron chi connectivity index (χ0n) is 14.0. The Kier molecular flexibility index (Phi) is 5.63. The van der Waals surface area contributed by atoms with E-state index in [9.17, 15) is 10.1 Å². The van der Waals surface area contributed by atoms with E-state index in [1.165, 1.54) is 6.20 Å². The van der Waals surface area contributed by atoms with E-state index in [2.05, 4.69) is 33.2 Å². The Labute approximate surface area is 164 Å². The third kappa shape index (κ3) is 4.26. The highest BCUT2D eigenvalue weighted by atomic mass is 127. The molecule has 26 heavy (non-hydrogen) atoms. The Morgan fingerprint density at radius 1 is 1.27 bits per heavy atom. The van der Waals surface area contributed by atoms with Crippen molar-refractivity contribution in [3.05, 3.63) is 62.9 Å². The second kappa shape index (κ2) is 8.10. The van der Waals surface area contributed by atoms with Crippen LogP contribution in [0.1, 0.15) is 11.1 Å². The zero-order chi connectivity index (χ0) is 18.5. The largest absolute Gasteiger partial charge is 0.454 e. The third-order valence-electron chi connectivity index (χ3n) is 3.79. The first-order valence-corrected chi connectivity index (χ1v) is 8.94. The second-order valence-corrected chi connectivity index (χ2v) is 6.90. The van der Waals surface area contributed by atoms with Gasteiger partial charge in [0.25, 0.3) is 5.91 Å². The van der Waals surface area contributed by atoms with Gasteiger partial charge in [-0.15, -0.1) is 0 Å². The number of anilines is 1. The van der Waals surface area contributed by atoms with Crippen molar-refractivity contribution < 1.29 is 14.3 Å². The van der Waals surface area contributed by atoms with E-state index in [0.29, 0.717) is 23.7 Å². The molecule has 6 nitrogen and oxygen atoms in total. The van der Waals surface area contributed by atoms with Gasteiger partial charge >= 0.3 is 0 Å². The summed E-state index contributed by atoms with van der Waals surface area (Å²) in [6, 6.07) is 13.2. The van der Waals surface area contributed by atoms with Gasteiger partial charge in [-0.3, -0.25) is 4.79 Å². The number of halogens is 1. The van der Waals surface area contributed by atoms with E-state index >= 15 is 0 Å². The number of hydrogen-bond donors (Lipinski definition) is 2. The molecule has 3 rings (SSSR count). The molecule has 0 unspecified atom stereocenters. The molecule has 1 aliphatic rings. The summed E-state index contributed by atoms with van der Waals surface area (Å²) in [6.45, 7) is 2.59. The molecule has 2 aromatic rings. The second-order valence-electron chi connectivity index (χ2n) is 5.65. The van der Waals surface area contributed by atoms with Crippen molar-refractivity contribution in [3.63, 3.8) is 0 Å². The maximum absolute atomic E-state index is 12.3. The lowest BCUT2D eigenvalue weighted by Gasteiger charge is -2.08. The topological polar surface area (TPSA) is 83.4 Å². The Hall–Kier alpha value is -2.73. The molecule has 0 saturated carbocycles. The van der Waals surface area contributed by atoms with Crippen LogP contribution >= 0.6 is 22.6 Å². The lowest BCUT2D eigenvalue weighted by atomic mass is 10.2. The number of ether oxygens (including phenoxy) is 2. The molecule has 0 atom stereocenters. The molecule has 2 aromatic carbocycles. The van der Waals surface area contributed by atoms with Crippen LogP contribution < -0.4 is 20.1 Å². The van der Waals surface area contributed by atoms with E-state index in [0.717, 1.165) is 14.7 Å². The van der Waals surface area contributed by atoms with Crippen molar-refractivity contribution in [2.24, 2.45) is 0 Å². The molecule has 0 saturated heterocycles. The first-order valence-electron chi connectivity index (χ1n) is 7.86. The average molecular weight is 461 g/mol. The molecule has 0 bridgehead atoms. The third-order valence-corrected chi connectivity index (χ3v) is 4.46. The van der Waals surface area contributed by atoms with Crippen LogP contribution in [-0.4, -0.2) is 12.7 Å². The monoisotopic (exact) mass is 461 g/mol. The van der Waals surface area contributed by atoms with E-state index < -0.39 is 5.91 Å². The summed E-state index contributed by atoms with van der Waals surface area (Å²) in [5.41, 5.74) is 2.59. The number of hydrogen-bond acceptors (Lipinski definition) is 5. The van der Waals surface area contributed by atoms with Crippen molar-refractivity contribution in [3.8, 4) is 17.6 Å². The maximum atomic E-state index is 12.3. The van der Waals surface area contributed by atoms with Crippen LogP contribution in [-0.2, 0) is 11.3 Å². The Morgan fingerprint density at radius 3 is 2.85 bits per heavy atom. The number of nitriles is 1. The van der Waals surface area contributed by atoms with E-state index in [4.69, 9.17) is 9.47 Å². The molecule has 0 spiro atoms. The van der Waals surface area contributed by atoms with Crippen LogP contribution in [0.3, 0.4) is 0 Å². The smallest absolute Gasteiger partial charge is 0.267 e. The maximum Gasteiger partial charge on any atom is 0.267 e. The minimum Gasteiger partial charge on any atom is -0.454 e. The summed E-state index contributed by atoms with van der Waals surface area (Å²) in [6.07, 6.45) is 1.42. The number of carbonyl (C=O) groups excluding carboxylic acids is 1. The van der Waals surface area contributed by atoms with Crippen LogP contribution in [0.5, 0.6) is 11.5 Å². The Balaban J connectivity index is 1.62. The fourth-order valence-corrected chi connectivity index (χ4v) is 3.07. The highest BCUT2D eigenvalue weighted by molar-refractivity contribution is 14.1. The lowest BCUT2D eigenvalue weighted by molar-refractivity contribution is -0.112. The number of aryl methyl sites for hydroxylation is 1. The van der Waals surface area contributed by atoms with E-state index in [1.54, 1.807) is 0 Å². The molecule has 0 radical (unpaired) electrons. The van der Waals surface area contributed by atoms with Crippen LogP contribution in [0.2, 0.25) is 0 Å². The summed E-state index contributed by atoms with van der Waals surface area (Å²) < 4.78 is 11.7. The van der Waals surface area contributed by atoms with Gasteiger partial charge in [0.2, 0.25) is 6.79 Å². The summed E-state index contributed by atoms with van der Waals surface area (Å²) in [4.78, 5) is 12.3. The van der Waals surface area contributed by atoms with Gasteiger partial charge < -0.3 is 20.1 Å². The molecule has 132 valence electrons. The number of rotatable bonds is 5. The summed E-state index contributed by atoms with van der Waals surface area (Å²) >= 11 is 2.21. The SMILES string of the molecule is Cc1cc(I)ccc1NC(=O)/C(C#N)=C\NCc1ccc2c(c1)OCO2. The van der Waals surface area contributed by atoms with Gasteiger partial charge in [0.05, 0.1) is 0 Å². The number of carbonyl (C=O) groups is 1. The number of fused-ring (bicyclic) bond motifs is 1. The van der Waals surface area contributed by atoms with Crippen molar-refractivity contribution in [1.29, 1.82) is 5.26 Å². The average Bonchev–Trinajstić information content (AvgIpc) is 3.09.